The van der Waals surface area contributed by atoms with Gasteiger partial charge in [-0.15, -0.1) is 0 Å². The molecule has 0 spiro atoms. The zero-order valence-corrected chi connectivity index (χ0v) is 9.16. The van der Waals surface area contributed by atoms with Crippen LogP contribution in [0.5, 0.6) is 0 Å². The Hall–Kier alpha value is -1.05. The quantitative estimate of drug-likeness (QED) is 0.777. The minimum Gasteiger partial charge on any atom is -0.383 e. The lowest BCUT2D eigenvalue weighted by Crippen LogP contribution is -2.03. The minimum absolute atomic E-state index is 0.587. The van der Waals surface area contributed by atoms with Crippen molar-refractivity contribution >= 4 is 5.82 Å². The molecular formula is C12H20N2. The molecule has 0 aliphatic rings. The normalized spacial score (nSPS) is 12.7. The maximum Gasteiger partial charge on any atom is 0.126 e. The molecule has 0 radical (unpaired) electrons. The largest absolute Gasteiger partial charge is 0.383 e. The van der Waals surface area contributed by atoms with Crippen LogP contribution in [0.3, 0.4) is 0 Å². The molecule has 2 nitrogen and oxygen atoms in total. The van der Waals surface area contributed by atoms with E-state index in [0.29, 0.717) is 11.7 Å². The summed E-state index contributed by atoms with van der Waals surface area (Å²) in [4.78, 5) is 4.13. The Labute approximate surface area is 86.5 Å². The van der Waals surface area contributed by atoms with E-state index in [2.05, 4.69) is 24.9 Å². The summed E-state index contributed by atoms with van der Waals surface area (Å²) in [5.74, 6) is 1.29. The first-order valence-electron chi connectivity index (χ1n) is 5.50. The summed E-state index contributed by atoms with van der Waals surface area (Å²) in [5, 5.41) is 0. The highest BCUT2D eigenvalue weighted by Crippen LogP contribution is 2.28. The number of unbranched alkanes of at least 4 members (excludes halogenated alkanes) is 1. The molecule has 2 heteroatoms. The molecule has 1 unspecified atom stereocenters. The second-order valence-corrected chi connectivity index (χ2v) is 3.73. The van der Waals surface area contributed by atoms with E-state index in [1.54, 1.807) is 6.20 Å². The molecule has 0 saturated carbocycles. The van der Waals surface area contributed by atoms with Gasteiger partial charge < -0.3 is 5.73 Å². The van der Waals surface area contributed by atoms with Gasteiger partial charge in [0.25, 0.3) is 0 Å². The van der Waals surface area contributed by atoms with Crippen molar-refractivity contribution in [2.45, 2.75) is 45.4 Å². The molecule has 0 aliphatic heterocycles. The predicted molar refractivity (Wildman–Crippen MR) is 61.2 cm³/mol. The van der Waals surface area contributed by atoms with Gasteiger partial charge in [0.15, 0.2) is 0 Å². The summed E-state index contributed by atoms with van der Waals surface area (Å²) in [6.45, 7) is 4.44. The van der Waals surface area contributed by atoms with E-state index in [1.165, 1.54) is 24.8 Å². The van der Waals surface area contributed by atoms with Crippen LogP contribution < -0.4 is 5.73 Å². The van der Waals surface area contributed by atoms with Crippen molar-refractivity contribution < 1.29 is 0 Å². The van der Waals surface area contributed by atoms with Crippen LogP contribution in [0.25, 0.3) is 0 Å². The van der Waals surface area contributed by atoms with Gasteiger partial charge in [-0.25, -0.2) is 4.98 Å². The Morgan fingerprint density at radius 3 is 2.79 bits per heavy atom. The first kappa shape index (κ1) is 11.0. The molecule has 0 bridgehead atoms. The summed E-state index contributed by atoms with van der Waals surface area (Å²) < 4.78 is 0. The van der Waals surface area contributed by atoms with E-state index >= 15 is 0 Å². The van der Waals surface area contributed by atoms with E-state index < -0.39 is 0 Å². The fourth-order valence-corrected chi connectivity index (χ4v) is 1.81. The van der Waals surface area contributed by atoms with E-state index in [0.717, 1.165) is 6.42 Å². The smallest absolute Gasteiger partial charge is 0.126 e. The van der Waals surface area contributed by atoms with Gasteiger partial charge in [-0.2, -0.15) is 0 Å². The number of hydrogen-bond donors (Lipinski definition) is 1. The standard InChI is InChI=1S/C12H20N2/c1-3-5-7-10(4-2)11-8-6-9-14-12(11)13/h6,8-10H,3-5,7H2,1-2H3,(H2,13,14). The molecule has 1 aromatic heterocycles. The van der Waals surface area contributed by atoms with Gasteiger partial charge in [-0.1, -0.05) is 32.8 Å². The second-order valence-electron chi connectivity index (χ2n) is 3.73. The molecule has 2 N–H and O–H groups in total. The molecule has 0 saturated heterocycles. The van der Waals surface area contributed by atoms with Crippen molar-refractivity contribution in [2.24, 2.45) is 0 Å². The highest BCUT2D eigenvalue weighted by molar-refractivity contribution is 5.40. The summed E-state index contributed by atoms with van der Waals surface area (Å²) >= 11 is 0. The van der Waals surface area contributed by atoms with E-state index in [1.807, 2.05) is 6.07 Å². The Morgan fingerprint density at radius 2 is 2.21 bits per heavy atom. The number of aromatic nitrogens is 1. The van der Waals surface area contributed by atoms with Gasteiger partial charge in [-0.05, 0) is 30.4 Å². The number of nitrogens with zero attached hydrogens (tertiary/aromatic N) is 1. The third-order valence-electron chi connectivity index (χ3n) is 2.71. The van der Waals surface area contributed by atoms with Gasteiger partial charge in [-0.3, -0.25) is 0 Å². The van der Waals surface area contributed by atoms with Crippen LogP contribution >= 0.6 is 0 Å². The summed E-state index contributed by atoms with van der Waals surface area (Å²) in [5.41, 5.74) is 7.08. The summed E-state index contributed by atoms with van der Waals surface area (Å²) in [6, 6.07) is 4.08. The Balaban J connectivity index is 2.73. The average molecular weight is 192 g/mol. The Morgan fingerprint density at radius 1 is 1.43 bits per heavy atom. The van der Waals surface area contributed by atoms with E-state index in [4.69, 9.17) is 5.73 Å². The first-order valence-corrected chi connectivity index (χ1v) is 5.50. The highest BCUT2D eigenvalue weighted by atomic mass is 14.8. The number of nitrogen functional groups attached to an aromatic ring is 1. The number of rotatable bonds is 5. The molecule has 14 heavy (non-hydrogen) atoms. The molecule has 1 rings (SSSR count). The van der Waals surface area contributed by atoms with E-state index in [-0.39, 0.29) is 0 Å². The van der Waals surface area contributed by atoms with Crippen molar-refractivity contribution in [3.05, 3.63) is 23.9 Å². The van der Waals surface area contributed by atoms with Crippen LogP contribution in [0.4, 0.5) is 5.82 Å². The van der Waals surface area contributed by atoms with Gasteiger partial charge >= 0.3 is 0 Å². The molecule has 1 aromatic rings. The number of nitrogens with two attached hydrogens (primary N) is 1. The van der Waals surface area contributed by atoms with Crippen LogP contribution in [-0.4, -0.2) is 4.98 Å². The fraction of sp³-hybridized carbons (Fsp3) is 0.583. The highest BCUT2D eigenvalue weighted by Gasteiger charge is 2.11. The zero-order chi connectivity index (χ0) is 10.4. The average Bonchev–Trinajstić information content (AvgIpc) is 2.21. The third kappa shape index (κ3) is 2.72. The van der Waals surface area contributed by atoms with Gasteiger partial charge in [0, 0.05) is 6.20 Å². The Bertz CT molecular complexity index is 271. The molecule has 0 amide bonds. The molecule has 0 aromatic carbocycles. The molecule has 0 fully saturated rings. The van der Waals surface area contributed by atoms with Crippen molar-refractivity contribution in [2.75, 3.05) is 5.73 Å². The minimum atomic E-state index is 0.587. The number of pyridine rings is 1. The van der Waals surface area contributed by atoms with Crippen LogP contribution in [0.2, 0.25) is 0 Å². The van der Waals surface area contributed by atoms with Crippen LogP contribution in [-0.2, 0) is 0 Å². The van der Waals surface area contributed by atoms with Gasteiger partial charge in [0.05, 0.1) is 0 Å². The molecule has 0 aliphatic carbocycles. The van der Waals surface area contributed by atoms with Crippen LogP contribution in [0, 0.1) is 0 Å². The topological polar surface area (TPSA) is 38.9 Å². The molecular weight excluding hydrogens is 172 g/mol. The molecule has 1 atom stereocenters. The van der Waals surface area contributed by atoms with Crippen LogP contribution in [0.15, 0.2) is 18.3 Å². The lowest BCUT2D eigenvalue weighted by molar-refractivity contribution is 0.570. The zero-order valence-electron chi connectivity index (χ0n) is 9.16. The molecule has 1 heterocycles. The van der Waals surface area contributed by atoms with Crippen molar-refractivity contribution in [3.63, 3.8) is 0 Å². The maximum absolute atomic E-state index is 5.86. The summed E-state index contributed by atoms with van der Waals surface area (Å²) in [7, 11) is 0. The molecule has 78 valence electrons. The number of hydrogen-bond acceptors (Lipinski definition) is 2. The first-order chi connectivity index (χ1) is 6.79. The van der Waals surface area contributed by atoms with Gasteiger partial charge in [0.1, 0.15) is 5.82 Å². The third-order valence-corrected chi connectivity index (χ3v) is 2.71. The van der Waals surface area contributed by atoms with Crippen molar-refractivity contribution in [1.82, 2.24) is 4.98 Å². The van der Waals surface area contributed by atoms with Gasteiger partial charge in [0.2, 0.25) is 0 Å². The fourth-order valence-electron chi connectivity index (χ4n) is 1.81. The maximum atomic E-state index is 5.86. The SMILES string of the molecule is CCCCC(CC)c1cccnc1N. The Kier molecular flexibility index (Phi) is 4.44. The number of anilines is 1. The summed E-state index contributed by atoms with van der Waals surface area (Å²) in [6.07, 6.45) is 6.65. The van der Waals surface area contributed by atoms with Crippen LogP contribution in [0.1, 0.15) is 51.0 Å². The monoisotopic (exact) mass is 192 g/mol. The van der Waals surface area contributed by atoms with E-state index in [9.17, 15) is 0 Å². The van der Waals surface area contributed by atoms with Crippen molar-refractivity contribution in [3.8, 4) is 0 Å². The van der Waals surface area contributed by atoms with Crippen molar-refractivity contribution in [1.29, 1.82) is 0 Å². The lowest BCUT2D eigenvalue weighted by atomic mass is 9.92. The predicted octanol–water partition coefficient (Wildman–Crippen LogP) is 3.35. The second kappa shape index (κ2) is 5.63. The lowest BCUT2D eigenvalue weighted by Gasteiger charge is -2.15.